The average Bonchev–Trinajstić information content (AvgIpc) is 3.12. The molecule has 8 nitrogen and oxygen atoms in total. The van der Waals surface area contributed by atoms with Crippen LogP contribution in [0.2, 0.25) is 0 Å². The number of unbranched alkanes of at least 4 members (excludes halogenated alkanes) is 1. The zero-order valence-corrected chi connectivity index (χ0v) is 39.4. The summed E-state index contributed by atoms with van der Waals surface area (Å²) < 4.78 is 29.1. The van der Waals surface area contributed by atoms with Gasteiger partial charge in [-0.15, -0.1) is 13.2 Å². The van der Waals surface area contributed by atoms with Crippen molar-refractivity contribution >= 4 is 12.9 Å². The smallest absolute Gasteiger partial charge is 0.293 e. The first kappa shape index (κ1) is 53.3. The monoisotopic (exact) mass is 814 g/mol. The Hall–Kier alpha value is -2.68. The minimum atomic E-state index is -0.721. The Bertz CT molecular complexity index is 1300. The molecule has 0 aromatic heterocycles. The topological polar surface area (TPSA) is 92.3 Å². The average molecular weight is 814 g/mol. The van der Waals surface area contributed by atoms with E-state index in [1.54, 1.807) is 0 Å². The number of benzene rings is 1. The number of rotatable bonds is 25. The van der Waals surface area contributed by atoms with E-state index in [-0.39, 0.29) is 22.5 Å². The summed E-state index contributed by atoms with van der Waals surface area (Å²) in [5.74, 6) is 3.92. The highest BCUT2D eigenvalue weighted by atomic mass is 16.5. The number of hydrogen-bond donors (Lipinski definition) is 1. The summed E-state index contributed by atoms with van der Waals surface area (Å²) >= 11 is 0. The molecule has 2 aliphatic rings. The van der Waals surface area contributed by atoms with E-state index < -0.39 is 5.60 Å². The number of carbonyl (C=O) groups is 2. The van der Waals surface area contributed by atoms with Crippen LogP contribution < -0.4 is 10.1 Å². The second kappa shape index (κ2) is 25.8. The highest BCUT2D eigenvalue weighted by Gasteiger charge is 2.48. The van der Waals surface area contributed by atoms with Crippen molar-refractivity contribution in [3.63, 3.8) is 0 Å². The van der Waals surface area contributed by atoms with Gasteiger partial charge >= 0.3 is 0 Å². The van der Waals surface area contributed by atoms with Gasteiger partial charge < -0.3 is 29.0 Å². The molecular formula is C50H87NO7. The third-order valence-corrected chi connectivity index (χ3v) is 12.7. The maximum absolute atomic E-state index is 11.3. The third-order valence-electron chi connectivity index (χ3n) is 12.7. The zero-order valence-electron chi connectivity index (χ0n) is 39.4. The molecule has 2 fully saturated rings. The first-order valence-electron chi connectivity index (χ1n) is 22.1. The van der Waals surface area contributed by atoms with Gasteiger partial charge in [-0.3, -0.25) is 9.59 Å². The maximum Gasteiger partial charge on any atom is 0.293 e. The lowest BCUT2D eigenvalue weighted by Crippen LogP contribution is -2.47. The lowest BCUT2D eigenvalue weighted by atomic mass is 9.52. The van der Waals surface area contributed by atoms with Crippen molar-refractivity contribution in [3.8, 4) is 5.75 Å². The number of hydrogen-bond acceptors (Lipinski definition) is 8. The normalized spacial score (nSPS) is 22.7. The fourth-order valence-corrected chi connectivity index (χ4v) is 8.62. The third kappa shape index (κ3) is 20.1. The number of ether oxygens (including phenoxy) is 5. The van der Waals surface area contributed by atoms with Gasteiger partial charge in [0.1, 0.15) is 11.4 Å². The Kier molecular flexibility index (Phi) is 23.8. The zero-order chi connectivity index (χ0) is 44.0. The maximum atomic E-state index is 11.3. The van der Waals surface area contributed by atoms with Crippen LogP contribution in [0.4, 0.5) is 0 Å². The predicted molar refractivity (Wildman–Crippen MR) is 241 cm³/mol. The molecule has 4 atom stereocenters. The molecule has 3 rings (SSSR count). The minimum absolute atomic E-state index is 0.0579. The molecule has 0 bridgehead atoms. The summed E-state index contributed by atoms with van der Waals surface area (Å²) in [4.78, 5) is 20.8. The summed E-state index contributed by atoms with van der Waals surface area (Å²) in [5, 5.41) is 2.93. The quantitative estimate of drug-likeness (QED) is 0.0593. The first-order valence-corrected chi connectivity index (χ1v) is 22.1. The highest BCUT2D eigenvalue weighted by molar-refractivity contribution is 5.38. The molecule has 2 saturated carbocycles. The van der Waals surface area contributed by atoms with E-state index in [1.165, 1.54) is 37.7 Å². The Balaban J connectivity index is 0.00000122. The van der Waals surface area contributed by atoms with E-state index in [0.717, 1.165) is 68.8 Å². The van der Waals surface area contributed by atoms with Crippen molar-refractivity contribution in [1.82, 2.24) is 5.32 Å². The number of nitrogens with one attached hydrogen (secondary N) is 1. The number of carbonyl (C=O) groups excluding carboxylic acids is 2. The molecule has 0 radical (unpaired) electrons. The Morgan fingerprint density at radius 2 is 1.55 bits per heavy atom. The molecule has 4 unspecified atom stereocenters. The molecule has 0 saturated heterocycles. The number of para-hydroxylation sites is 1. The van der Waals surface area contributed by atoms with Crippen LogP contribution in [0.25, 0.3) is 0 Å². The van der Waals surface area contributed by atoms with E-state index in [4.69, 9.17) is 18.9 Å². The van der Waals surface area contributed by atoms with E-state index in [9.17, 15) is 9.59 Å². The lowest BCUT2D eigenvalue weighted by molar-refractivity contribution is -0.162. The summed E-state index contributed by atoms with van der Waals surface area (Å²) in [6.45, 7) is 37.9. The van der Waals surface area contributed by atoms with Crippen LogP contribution in [0, 0.1) is 40.4 Å². The van der Waals surface area contributed by atoms with Crippen LogP contribution in [0.1, 0.15) is 147 Å². The summed E-state index contributed by atoms with van der Waals surface area (Å²) in [6, 6.07) is 9.73. The van der Waals surface area contributed by atoms with Gasteiger partial charge in [-0.2, -0.15) is 0 Å². The molecule has 0 heterocycles. The van der Waals surface area contributed by atoms with Crippen LogP contribution in [0.15, 0.2) is 55.1 Å². The fourth-order valence-electron chi connectivity index (χ4n) is 8.62. The molecule has 1 aromatic carbocycles. The molecule has 8 heteroatoms. The van der Waals surface area contributed by atoms with Crippen molar-refractivity contribution in [2.24, 2.45) is 40.4 Å². The van der Waals surface area contributed by atoms with E-state index >= 15 is 0 Å². The number of allylic oxidation sites excluding steroid dienone is 2. The minimum Gasteiger partial charge on any atom is -0.493 e. The van der Waals surface area contributed by atoms with Gasteiger partial charge in [0.15, 0.2) is 0 Å². The standard InChI is InChI=1S/C41H68O5.C5H11NO2.C4H8/c1-12-32-24-31(2)20-21-36(32)33-25-41(11,26-33)29-38(5,6)44-23-17-16-22-37(3,4)40(9,10)45-28-34(39(7,8)46-30-42)27-43-35-18-14-13-15-19-35;1-6-3-2-4-8-5-7;1-4(2)3/h12-15,18-19,30-34,36H,1,16-17,20-29H2,2-11H3;5-6H,2-4H2,1H3;1H2,2-3H3. The SMILES string of the molecule is C=C(C)C.C=CC1CC(C)CCC1C1CC(C)(CC(C)(C)OCCCCC(C)(C)C(C)(C)OCC(COc2ccccc2)C(C)(C)OC=O)C1.CNCCCOC=O. The van der Waals surface area contributed by atoms with Crippen molar-refractivity contribution in [2.45, 2.75) is 164 Å². The van der Waals surface area contributed by atoms with Gasteiger partial charge in [0, 0.05) is 6.61 Å². The Labute approximate surface area is 356 Å². The van der Waals surface area contributed by atoms with Crippen molar-refractivity contribution in [2.75, 3.05) is 40.0 Å². The molecule has 0 amide bonds. The second-order valence-corrected chi connectivity index (χ2v) is 20.2. The van der Waals surface area contributed by atoms with E-state index in [1.807, 2.05) is 65.1 Å². The van der Waals surface area contributed by atoms with Crippen LogP contribution in [-0.2, 0) is 28.5 Å². The molecular weight excluding hydrogens is 727 g/mol. The lowest BCUT2D eigenvalue weighted by Gasteiger charge is -2.54. The van der Waals surface area contributed by atoms with Crippen molar-refractivity contribution in [1.29, 1.82) is 0 Å². The van der Waals surface area contributed by atoms with Gasteiger partial charge in [-0.1, -0.05) is 70.4 Å². The first-order chi connectivity index (χ1) is 27.1. The van der Waals surface area contributed by atoms with Gasteiger partial charge in [-0.25, -0.2) is 0 Å². The van der Waals surface area contributed by atoms with E-state index in [0.29, 0.717) is 44.1 Å². The van der Waals surface area contributed by atoms with Crippen molar-refractivity contribution < 1.29 is 33.3 Å². The Morgan fingerprint density at radius 1 is 0.914 bits per heavy atom. The largest absolute Gasteiger partial charge is 0.493 e. The molecule has 58 heavy (non-hydrogen) atoms. The molecule has 1 aromatic rings. The Morgan fingerprint density at radius 3 is 2.12 bits per heavy atom. The van der Waals surface area contributed by atoms with Gasteiger partial charge in [0.25, 0.3) is 12.9 Å². The van der Waals surface area contributed by atoms with Crippen LogP contribution in [-0.4, -0.2) is 69.8 Å². The van der Waals surface area contributed by atoms with Crippen LogP contribution >= 0.6 is 0 Å². The van der Waals surface area contributed by atoms with Crippen LogP contribution in [0.5, 0.6) is 5.75 Å². The van der Waals surface area contributed by atoms with E-state index in [2.05, 4.69) is 84.7 Å². The highest BCUT2D eigenvalue weighted by Crippen LogP contribution is 2.57. The summed E-state index contributed by atoms with van der Waals surface area (Å²) in [5.41, 5.74) is 0.287. The van der Waals surface area contributed by atoms with Gasteiger partial charge in [-0.05, 0) is 167 Å². The van der Waals surface area contributed by atoms with Crippen molar-refractivity contribution in [3.05, 3.63) is 55.1 Å². The molecule has 0 spiro atoms. The second-order valence-electron chi connectivity index (χ2n) is 20.2. The summed E-state index contributed by atoms with van der Waals surface area (Å²) in [6.07, 6.45) is 14.2. The molecule has 1 N–H and O–H groups in total. The fraction of sp³-hybridized carbons (Fsp3) is 0.760. The molecule has 2 aliphatic carbocycles. The molecule has 0 aliphatic heterocycles. The van der Waals surface area contributed by atoms with Crippen LogP contribution in [0.3, 0.4) is 0 Å². The summed E-state index contributed by atoms with van der Waals surface area (Å²) in [7, 11) is 1.86. The van der Waals surface area contributed by atoms with Gasteiger partial charge in [0.05, 0.1) is 36.9 Å². The van der Waals surface area contributed by atoms with Gasteiger partial charge in [0.2, 0.25) is 0 Å². The predicted octanol–water partition coefficient (Wildman–Crippen LogP) is 11.8. The molecule has 334 valence electrons.